The van der Waals surface area contributed by atoms with E-state index >= 15 is 0 Å². The number of hydrogen-bond acceptors (Lipinski definition) is 4. The normalized spacial score (nSPS) is 21.1. The molecule has 1 aromatic rings. The summed E-state index contributed by atoms with van der Waals surface area (Å²) >= 11 is 0. The van der Waals surface area contributed by atoms with Crippen LogP contribution < -0.4 is 20.5 Å². The standard InChI is InChI=1S/C15H22N2O3.ClH/c1-19-13-7-10(8-14(9-13)20-2)15(18)17-12-5-3-11(16)4-6-12;/h7-9,11-12H,3-6,16H2,1-2H3,(H,17,18);1H. The van der Waals surface area contributed by atoms with Crippen LogP contribution >= 0.6 is 12.4 Å². The topological polar surface area (TPSA) is 73.6 Å². The number of halogens is 1. The Morgan fingerprint density at radius 2 is 1.62 bits per heavy atom. The lowest BCUT2D eigenvalue weighted by atomic mass is 9.91. The second kappa shape index (κ2) is 8.10. The van der Waals surface area contributed by atoms with Gasteiger partial charge in [-0.15, -0.1) is 12.4 Å². The van der Waals surface area contributed by atoms with Gasteiger partial charge in [-0.05, 0) is 37.8 Å². The predicted octanol–water partition coefficient (Wildman–Crippen LogP) is 2.13. The van der Waals surface area contributed by atoms with E-state index < -0.39 is 0 Å². The van der Waals surface area contributed by atoms with Crippen LogP contribution in [0.5, 0.6) is 11.5 Å². The molecule has 118 valence electrons. The van der Waals surface area contributed by atoms with Crippen molar-refractivity contribution in [3.8, 4) is 11.5 Å². The van der Waals surface area contributed by atoms with Crippen molar-refractivity contribution < 1.29 is 14.3 Å². The van der Waals surface area contributed by atoms with Gasteiger partial charge in [-0.2, -0.15) is 0 Å². The fraction of sp³-hybridized carbons (Fsp3) is 0.533. The van der Waals surface area contributed by atoms with E-state index in [9.17, 15) is 4.79 Å². The summed E-state index contributed by atoms with van der Waals surface area (Å²) in [6.07, 6.45) is 3.81. The lowest BCUT2D eigenvalue weighted by Crippen LogP contribution is -2.40. The summed E-state index contributed by atoms with van der Waals surface area (Å²) in [6, 6.07) is 5.66. The number of rotatable bonds is 4. The van der Waals surface area contributed by atoms with Gasteiger partial charge >= 0.3 is 0 Å². The van der Waals surface area contributed by atoms with Gasteiger partial charge in [0, 0.05) is 23.7 Å². The Morgan fingerprint density at radius 3 is 2.10 bits per heavy atom. The monoisotopic (exact) mass is 314 g/mol. The number of ether oxygens (including phenoxy) is 2. The molecule has 1 fully saturated rings. The SMILES string of the molecule is COc1cc(OC)cc(C(=O)NC2CCC(N)CC2)c1.Cl. The van der Waals surface area contributed by atoms with Crippen LogP contribution in [-0.2, 0) is 0 Å². The van der Waals surface area contributed by atoms with Crippen LogP contribution in [0.1, 0.15) is 36.0 Å². The molecule has 0 saturated heterocycles. The molecular weight excluding hydrogens is 292 g/mol. The summed E-state index contributed by atoms with van der Waals surface area (Å²) in [4.78, 5) is 12.3. The minimum Gasteiger partial charge on any atom is -0.497 e. The van der Waals surface area contributed by atoms with Crippen molar-refractivity contribution in [3.63, 3.8) is 0 Å². The summed E-state index contributed by atoms with van der Waals surface area (Å²) < 4.78 is 10.4. The van der Waals surface area contributed by atoms with E-state index in [2.05, 4.69) is 5.32 Å². The number of nitrogens with one attached hydrogen (secondary N) is 1. The van der Waals surface area contributed by atoms with Crippen molar-refractivity contribution in [2.75, 3.05) is 14.2 Å². The molecule has 2 rings (SSSR count). The fourth-order valence-corrected chi connectivity index (χ4v) is 2.47. The van der Waals surface area contributed by atoms with E-state index in [0.717, 1.165) is 25.7 Å². The number of carbonyl (C=O) groups excluding carboxylic acids is 1. The molecule has 1 amide bonds. The van der Waals surface area contributed by atoms with Crippen molar-refractivity contribution in [2.45, 2.75) is 37.8 Å². The number of benzene rings is 1. The maximum atomic E-state index is 12.3. The Hall–Kier alpha value is -1.46. The van der Waals surface area contributed by atoms with Crippen molar-refractivity contribution in [1.82, 2.24) is 5.32 Å². The van der Waals surface area contributed by atoms with Gasteiger partial charge < -0.3 is 20.5 Å². The maximum Gasteiger partial charge on any atom is 0.251 e. The zero-order valence-electron chi connectivity index (χ0n) is 12.4. The van der Waals surface area contributed by atoms with Gasteiger partial charge in [0.25, 0.3) is 5.91 Å². The van der Waals surface area contributed by atoms with Crippen LogP contribution in [-0.4, -0.2) is 32.2 Å². The van der Waals surface area contributed by atoms with Crippen LogP contribution in [0.15, 0.2) is 18.2 Å². The highest BCUT2D eigenvalue weighted by Crippen LogP contribution is 2.23. The maximum absolute atomic E-state index is 12.3. The summed E-state index contributed by atoms with van der Waals surface area (Å²) in [5, 5.41) is 3.05. The second-order valence-electron chi connectivity index (χ2n) is 5.19. The number of hydrogen-bond donors (Lipinski definition) is 2. The first-order valence-corrected chi connectivity index (χ1v) is 6.92. The third-order valence-electron chi connectivity index (χ3n) is 3.72. The lowest BCUT2D eigenvalue weighted by Gasteiger charge is -2.26. The molecule has 21 heavy (non-hydrogen) atoms. The molecule has 1 aliphatic carbocycles. The van der Waals surface area contributed by atoms with Crippen LogP contribution in [0, 0.1) is 0 Å². The first-order chi connectivity index (χ1) is 9.62. The van der Waals surface area contributed by atoms with Crippen molar-refractivity contribution in [2.24, 2.45) is 5.73 Å². The molecule has 0 bridgehead atoms. The molecule has 0 unspecified atom stereocenters. The molecule has 0 spiro atoms. The average molecular weight is 315 g/mol. The Kier molecular flexibility index (Phi) is 6.78. The Bertz CT molecular complexity index is 452. The van der Waals surface area contributed by atoms with Crippen molar-refractivity contribution >= 4 is 18.3 Å². The van der Waals surface area contributed by atoms with Gasteiger partial charge in [0.15, 0.2) is 0 Å². The van der Waals surface area contributed by atoms with Crippen LogP contribution in [0.25, 0.3) is 0 Å². The van der Waals surface area contributed by atoms with Crippen molar-refractivity contribution in [3.05, 3.63) is 23.8 Å². The molecule has 0 radical (unpaired) electrons. The highest BCUT2D eigenvalue weighted by molar-refractivity contribution is 5.95. The zero-order valence-corrected chi connectivity index (χ0v) is 13.2. The quantitative estimate of drug-likeness (QED) is 0.893. The molecule has 0 aromatic heterocycles. The third-order valence-corrected chi connectivity index (χ3v) is 3.72. The predicted molar refractivity (Wildman–Crippen MR) is 84.5 cm³/mol. The number of nitrogens with two attached hydrogens (primary N) is 1. The number of carbonyl (C=O) groups is 1. The highest BCUT2D eigenvalue weighted by Gasteiger charge is 2.21. The fourth-order valence-electron chi connectivity index (χ4n) is 2.47. The average Bonchev–Trinajstić information content (AvgIpc) is 2.48. The summed E-state index contributed by atoms with van der Waals surface area (Å²) in [7, 11) is 3.14. The number of amides is 1. The van der Waals surface area contributed by atoms with Gasteiger partial charge in [0.1, 0.15) is 11.5 Å². The molecule has 0 aliphatic heterocycles. The Morgan fingerprint density at radius 1 is 1.10 bits per heavy atom. The van der Waals surface area contributed by atoms with Gasteiger partial charge in [-0.25, -0.2) is 0 Å². The summed E-state index contributed by atoms with van der Waals surface area (Å²) in [5.74, 6) is 1.13. The Labute approximate surface area is 131 Å². The lowest BCUT2D eigenvalue weighted by molar-refractivity contribution is 0.0925. The van der Waals surface area contributed by atoms with Crippen LogP contribution in [0.4, 0.5) is 0 Å². The van der Waals surface area contributed by atoms with E-state index in [1.54, 1.807) is 32.4 Å². The minimum absolute atomic E-state index is 0. The molecule has 0 heterocycles. The van der Waals surface area contributed by atoms with Gasteiger partial charge in [-0.3, -0.25) is 4.79 Å². The Balaban J connectivity index is 0.00000220. The molecule has 1 aromatic carbocycles. The zero-order chi connectivity index (χ0) is 14.5. The van der Waals surface area contributed by atoms with E-state index in [0.29, 0.717) is 17.1 Å². The molecular formula is C15H23ClN2O3. The minimum atomic E-state index is -0.0947. The number of methoxy groups -OCH3 is 2. The van der Waals surface area contributed by atoms with E-state index in [4.69, 9.17) is 15.2 Å². The van der Waals surface area contributed by atoms with Gasteiger partial charge in [-0.1, -0.05) is 0 Å². The summed E-state index contributed by atoms with van der Waals surface area (Å²) in [5.41, 5.74) is 6.42. The van der Waals surface area contributed by atoms with Crippen LogP contribution in [0.3, 0.4) is 0 Å². The largest absolute Gasteiger partial charge is 0.497 e. The summed E-state index contributed by atoms with van der Waals surface area (Å²) in [6.45, 7) is 0. The van der Waals surface area contributed by atoms with Gasteiger partial charge in [0.2, 0.25) is 0 Å². The van der Waals surface area contributed by atoms with Gasteiger partial charge in [0.05, 0.1) is 14.2 Å². The molecule has 1 saturated carbocycles. The van der Waals surface area contributed by atoms with E-state index in [-0.39, 0.29) is 30.4 Å². The van der Waals surface area contributed by atoms with Crippen molar-refractivity contribution in [1.29, 1.82) is 0 Å². The van der Waals surface area contributed by atoms with E-state index in [1.165, 1.54) is 0 Å². The molecule has 0 atom stereocenters. The molecule has 6 heteroatoms. The highest BCUT2D eigenvalue weighted by atomic mass is 35.5. The smallest absolute Gasteiger partial charge is 0.251 e. The second-order valence-corrected chi connectivity index (χ2v) is 5.19. The first-order valence-electron chi connectivity index (χ1n) is 6.92. The first kappa shape index (κ1) is 17.6. The molecule has 5 nitrogen and oxygen atoms in total. The molecule has 3 N–H and O–H groups in total. The molecule has 1 aliphatic rings. The third kappa shape index (κ3) is 4.79. The van der Waals surface area contributed by atoms with Crippen LogP contribution in [0.2, 0.25) is 0 Å². The van der Waals surface area contributed by atoms with E-state index in [1.807, 2.05) is 0 Å².